The Balaban J connectivity index is 1.88. The molecule has 6 heteroatoms. The van der Waals surface area contributed by atoms with Gasteiger partial charge in [-0.1, -0.05) is 32.1 Å². The number of aromatic nitrogens is 1. The first kappa shape index (κ1) is 19.6. The number of carbonyl (C=O) groups is 1. The van der Waals surface area contributed by atoms with Crippen LogP contribution in [0.4, 0.5) is 4.79 Å². The average molecular weight is 381 g/mol. The zero-order chi connectivity index (χ0) is 18.9. The minimum absolute atomic E-state index is 0.0332. The van der Waals surface area contributed by atoms with Crippen LogP contribution in [0, 0.1) is 5.92 Å². The van der Waals surface area contributed by atoms with Crippen LogP contribution in [0.1, 0.15) is 84.3 Å². The number of nitrogens with zero attached hydrogens (tertiary/aromatic N) is 2. The van der Waals surface area contributed by atoms with E-state index in [1.807, 2.05) is 51.1 Å². The van der Waals surface area contributed by atoms with Crippen molar-refractivity contribution in [1.29, 1.82) is 0 Å². The van der Waals surface area contributed by atoms with E-state index in [4.69, 9.17) is 9.47 Å². The van der Waals surface area contributed by atoms with Gasteiger partial charge in [0.05, 0.1) is 6.04 Å². The minimum Gasteiger partial charge on any atom is -0.444 e. The molecule has 0 spiro atoms. The highest BCUT2D eigenvalue weighted by Gasteiger charge is 2.52. The smallest absolute Gasteiger partial charge is 0.412 e. The van der Waals surface area contributed by atoms with Crippen molar-refractivity contribution in [2.24, 2.45) is 5.92 Å². The van der Waals surface area contributed by atoms with E-state index in [0.29, 0.717) is 5.92 Å². The number of rotatable bonds is 3. The maximum absolute atomic E-state index is 13.1. The molecule has 0 N–H and O–H groups in total. The first-order valence-electron chi connectivity index (χ1n) is 9.77. The molecule has 3 rings (SSSR count). The highest BCUT2D eigenvalue weighted by Crippen LogP contribution is 2.46. The van der Waals surface area contributed by atoms with E-state index in [1.54, 1.807) is 11.3 Å². The first-order chi connectivity index (χ1) is 12.2. The van der Waals surface area contributed by atoms with Crippen LogP contribution in [-0.4, -0.2) is 33.3 Å². The predicted molar refractivity (Wildman–Crippen MR) is 103 cm³/mol. The second kappa shape index (κ2) is 7.47. The third-order valence-corrected chi connectivity index (χ3v) is 6.10. The lowest BCUT2D eigenvalue weighted by atomic mass is 9.83. The fraction of sp³-hybridized carbons (Fsp3) is 0.800. The monoisotopic (exact) mass is 380 g/mol. The summed E-state index contributed by atoms with van der Waals surface area (Å²) in [5.74, 6) is 0.638. The zero-order valence-electron chi connectivity index (χ0n) is 16.7. The lowest BCUT2D eigenvalue weighted by Crippen LogP contribution is -2.50. The average Bonchev–Trinajstić information content (AvgIpc) is 3.12. The fourth-order valence-electron chi connectivity index (χ4n) is 4.23. The van der Waals surface area contributed by atoms with E-state index in [1.165, 1.54) is 32.1 Å². The summed E-state index contributed by atoms with van der Waals surface area (Å²) < 4.78 is 12.1. The molecule has 0 bridgehead atoms. The molecule has 2 fully saturated rings. The molecule has 2 heterocycles. The standard InChI is InChI=1S/C20H32N2O3S/c1-19(2,3)25-18(23)22-15(13-14-9-7-6-8-10-14)16(24-20(22,4)5)17-21-11-12-26-17/h11-12,14-16H,6-10,13H2,1-5H3/t15-,16+/m0/s1. The Morgan fingerprint density at radius 1 is 1.35 bits per heavy atom. The van der Waals surface area contributed by atoms with Crippen LogP contribution in [-0.2, 0) is 9.47 Å². The Morgan fingerprint density at radius 3 is 2.62 bits per heavy atom. The highest BCUT2D eigenvalue weighted by atomic mass is 32.1. The van der Waals surface area contributed by atoms with Crippen LogP contribution in [0.2, 0.25) is 0 Å². The summed E-state index contributed by atoms with van der Waals surface area (Å²) in [6, 6.07) is -0.0332. The topological polar surface area (TPSA) is 51.7 Å². The summed E-state index contributed by atoms with van der Waals surface area (Å²) in [6.45, 7) is 9.63. The van der Waals surface area contributed by atoms with Gasteiger partial charge >= 0.3 is 6.09 Å². The number of hydrogen-bond acceptors (Lipinski definition) is 5. The zero-order valence-corrected chi connectivity index (χ0v) is 17.5. The Kier molecular flexibility index (Phi) is 5.63. The molecule has 0 unspecified atom stereocenters. The van der Waals surface area contributed by atoms with Gasteiger partial charge in [0.2, 0.25) is 0 Å². The Morgan fingerprint density at radius 2 is 2.04 bits per heavy atom. The number of ether oxygens (including phenoxy) is 2. The molecule has 1 aromatic heterocycles. The van der Waals surface area contributed by atoms with Crippen molar-refractivity contribution >= 4 is 17.4 Å². The van der Waals surface area contributed by atoms with E-state index < -0.39 is 11.3 Å². The van der Waals surface area contributed by atoms with Crippen LogP contribution in [0.3, 0.4) is 0 Å². The van der Waals surface area contributed by atoms with Crippen molar-refractivity contribution in [1.82, 2.24) is 9.88 Å². The molecule has 0 aromatic carbocycles. The molecule has 26 heavy (non-hydrogen) atoms. The van der Waals surface area contributed by atoms with Crippen LogP contribution in [0.15, 0.2) is 11.6 Å². The quantitative estimate of drug-likeness (QED) is 0.692. The van der Waals surface area contributed by atoms with E-state index >= 15 is 0 Å². The van der Waals surface area contributed by atoms with Gasteiger partial charge in [0.15, 0.2) is 0 Å². The maximum Gasteiger partial charge on any atom is 0.412 e. The van der Waals surface area contributed by atoms with Gasteiger partial charge in [-0.05, 0) is 47.0 Å². The summed E-state index contributed by atoms with van der Waals surface area (Å²) in [5, 5.41) is 2.92. The van der Waals surface area contributed by atoms with Crippen LogP contribution < -0.4 is 0 Å². The fourth-order valence-corrected chi connectivity index (χ4v) is 4.95. The molecule has 1 saturated carbocycles. The van der Waals surface area contributed by atoms with Crippen molar-refractivity contribution in [2.45, 2.75) is 96.6 Å². The van der Waals surface area contributed by atoms with Crippen molar-refractivity contribution in [3.63, 3.8) is 0 Å². The second-order valence-corrected chi connectivity index (χ2v) is 9.94. The largest absolute Gasteiger partial charge is 0.444 e. The number of carbonyl (C=O) groups excluding carboxylic acids is 1. The molecular formula is C20H32N2O3S. The normalized spacial score (nSPS) is 26.9. The van der Waals surface area contributed by atoms with Crippen LogP contribution in [0.25, 0.3) is 0 Å². The van der Waals surface area contributed by atoms with Gasteiger partial charge in [-0.3, -0.25) is 4.90 Å². The molecule has 1 aromatic rings. The molecule has 146 valence electrons. The van der Waals surface area contributed by atoms with Gasteiger partial charge in [-0.15, -0.1) is 11.3 Å². The van der Waals surface area contributed by atoms with Gasteiger partial charge < -0.3 is 9.47 Å². The molecular weight excluding hydrogens is 348 g/mol. The Bertz CT molecular complexity index is 603. The van der Waals surface area contributed by atoms with E-state index in [-0.39, 0.29) is 18.2 Å². The van der Waals surface area contributed by atoms with E-state index in [2.05, 4.69) is 4.98 Å². The minimum atomic E-state index is -0.710. The SMILES string of the molecule is CC(C)(C)OC(=O)N1[C@@H](CC2CCCCC2)[C@H](c2nccs2)OC1(C)C. The summed E-state index contributed by atoms with van der Waals surface area (Å²) in [5.41, 5.74) is -1.24. The molecule has 5 nitrogen and oxygen atoms in total. The Hall–Kier alpha value is -1.14. The molecule has 1 aliphatic heterocycles. The number of amides is 1. The lowest BCUT2D eigenvalue weighted by Gasteiger charge is -2.36. The molecule has 2 atom stereocenters. The summed E-state index contributed by atoms with van der Waals surface area (Å²) in [7, 11) is 0. The van der Waals surface area contributed by atoms with Gasteiger partial charge in [-0.2, -0.15) is 0 Å². The first-order valence-corrected chi connectivity index (χ1v) is 10.6. The van der Waals surface area contributed by atoms with E-state index in [0.717, 1.165) is 11.4 Å². The summed E-state index contributed by atoms with van der Waals surface area (Å²) in [4.78, 5) is 19.4. The molecule has 1 aliphatic carbocycles. The molecule has 2 aliphatic rings. The third-order valence-electron chi connectivity index (χ3n) is 5.26. The highest BCUT2D eigenvalue weighted by molar-refractivity contribution is 7.09. The predicted octanol–water partition coefficient (Wildman–Crippen LogP) is 5.53. The Labute approximate surface area is 161 Å². The van der Waals surface area contributed by atoms with Crippen molar-refractivity contribution in [3.8, 4) is 0 Å². The number of hydrogen-bond donors (Lipinski definition) is 0. The van der Waals surface area contributed by atoms with Crippen molar-refractivity contribution in [3.05, 3.63) is 16.6 Å². The van der Waals surface area contributed by atoms with Gasteiger partial charge in [0.1, 0.15) is 22.4 Å². The summed E-state index contributed by atoms with van der Waals surface area (Å²) >= 11 is 1.60. The van der Waals surface area contributed by atoms with Gasteiger partial charge in [0.25, 0.3) is 0 Å². The van der Waals surface area contributed by atoms with Crippen molar-refractivity contribution in [2.75, 3.05) is 0 Å². The molecule has 1 amide bonds. The van der Waals surface area contributed by atoms with Gasteiger partial charge in [-0.25, -0.2) is 9.78 Å². The summed E-state index contributed by atoms with van der Waals surface area (Å²) in [6.07, 6.45) is 8.67. The van der Waals surface area contributed by atoms with Crippen LogP contribution in [0.5, 0.6) is 0 Å². The maximum atomic E-state index is 13.1. The van der Waals surface area contributed by atoms with Crippen molar-refractivity contribution < 1.29 is 14.3 Å². The van der Waals surface area contributed by atoms with Crippen LogP contribution >= 0.6 is 11.3 Å². The molecule has 0 radical (unpaired) electrons. The van der Waals surface area contributed by atoms with E-state index in [9.17, 15) is 4.79 Å². The number of thiazole rings is 1. The van der Waals surface area contributed by atoms with Gasteiger partial charge in [0, 0.05) is 11.6 Å². The lowest BCUT2D eigenvalue weighted by molar-refractivity contribution is -0.0798. The third kappa shape index (κ3) is 4.39. The molecule has 1 saturated heterocycles. The second-order valence-electron chi connectivity index (χ2n) is 9.01.